The van der Waals surface area contributed by atoms with Crippen molar-refractivity contribution in [1.82, 2.24) is 0 Å². The van der Waals surface area contributed by atoms with Crippen LogP contribution >= 0.6 is 0 Å². The molecule has 0 radical (unpaired) electrons. The normalized spacial score (nSPS) is 10.5. The zero-order valence-electron chi connectivity index (χ0n) is 13.2. The van der Waals surface area contributed by atoms with E-state index in [2.05, 4.69) is 11.3 Å². The van der Waals surface area contributed by atoms with Crippen molar-refractivity contribution in [2.24, 2.45) is 0 Å². The molecule has 24 heavy (non-hydrogen) atoms. The van der Waals surface area contributed by atoms with Gasteiger partial charge in [-0.05, 0) is 36.2 Å². The summed E-state index contributed by atoms with van der Waals surface area (Å²) in [5.74, 6) is 0.0895. The highest BCUT2D eigenvalue weighted by Gasteiger charge is 2.14. The van der Waals surface area contributed by atoms with Crippen molar-refractivity contribution in [3.8, 4) is 5.75 Å². The van der Waals surface area contributed by atoms with Gasteiger partial charge < -0.3 is 9.64 Å². The molecule has 0 heterocycles. The number of aryl methyl sites for hydroxylation is 1. The van der Waals surface area contributed by atoms with Gasteiger partial charge in [-0.1, -0.05) is 36.4 Å². The molecule has 0 spiro atoms. The first-order valence-electron chi connectivity index (χ1n) is 7.60. The van der Waals surface area contributed by atoms with Gasteiger partial charge in [0.2, 0.25) is 5.91 Å². The van der Waals surface area contributed by atoms with Gasteiger partial charge in [0.1, 0.15) is 5.75 Å². The van der Waals surface area contributed by atoms with Crippen molar-refractivity contribution in [3.63, 3.8) is 0 Å². The first-order valence-corrected chi connectivity index (χ1v) is 7.60. The van der Waals surface area contributed by atoms with Crippen molar-refractivity contribution in [3.05, 3.63) is 72.8 Å². The molecule has 0 aliphatic rings. The molecule has 0 unspecified atom stereocenters. The monoisotopic (exact) mass is 331 g/mol. The third-order valence-corrected chi connectivity index (χ3v) is 3.46. The minimum atomic E-state index is -2.84. The molecule has 0 bridgehead atoms. The number of alkyl halides is 2. The Bertz CT molecular complexity index is 657. The minimum Gasteiger partial charge on any atom is -0.435 e. The first kappa shape index (κ1) is 17.7. The van der Waals surface area contributed by atoms with Crippen molar-refractivity contribution < 1.29 is 18.3 Å². The lowest BCUT2D eigenvalue weighted by molar-refractivity contribution is -0.118. The maximum Gasteiger partial charge on any atom is 0.387 e. The number of hydrogen-bond acceptors (Lipinski definition) is 2. The Hall–Kier alpha value is -2.69. The molecule has 0 N–H and O–H groups in total. The van der Waals surface area contributed by atoms with Crippen LogP contribution < -0.4 is 9.64 Å². The Morgan fingerprint density at radius 3 is 2.38 bits per heavy atom. The molecule has 0 saturated carbocycles. The van der Waals surface area contributed by atoms with Crippen LogP contribution in [0.2, 0.25) is 0 Å². The van der Waals surface area contributed by atoms with Crippen LogP contribution in [0.25, 0.3) is 0 Å². The highest BCUT2D eigenvalue weighted by Crippen LogP contribution is 2.18. The van der Waals surface area contributed by atoms with Crippen molar-refractivity contribution in [1.29, 1.82) is 0 Å². The Balaban J connectivity index is 1.96. The molecule has 2 aromatic rings. The number of carbonyl (C=O) groups excluding carboxylic acids is 1. The SMILES string of the molecule is C=CCN(C(=O)CCc1ccc(OC(F)F)cc1)c1ccccc1. The summed E-state index contributed by atoms with van der Waals surface area (Å²) in [5.41, 5.74) is 1.71. The van der Waals surface area contributed by atoms with Crippen LogP contribution in [-0.4, -0.2) is 19.1 Å². The van der Waals surface area contributed by atoms with Gasteiger partial charge in [0.05, 0.1) is 0 Å². The summed E-state index contributed by atoms with van der Waals surface area (Å²) < 4.78 is 28.5. The zero-order valence-corrected chi connectivity index (χ0v) is 13.2. The van der Waals surface area contributed by atoms with Gasteiger partial charge >= 0.3 is 6.61 Å². The summed E-state index contributed by atoms with van der Waals surface area (Å²) in [6.07, 6.45) is 2.52. The summed E-state index contributed by atoms with van der Waals surface area (Å²) in [6, 6.07) is 15.7. The van der Waals surface area contributed by atoms with Crippen LogP contribution in [0, 0.1) is 0 Å². The Morgan fingerprint density at radius 1 is 1.12 bits per heavy atom. The predicted octanol–water partition coefficient (Wildman–Crippen LogP) is 4.44. The van der Waals surface area contributed by atoms with Gasteiger partial charge in [-0.25, -0.2) is 0 Å². The fourth-order valence-electron chi connectivity index (χ4n) is 2.31. The third kappa shape index (κ3) is 5.19. The van der Waals surface area contributed by atoms with Gasteiger partial charge in [-0.3, -0.25) is 4.79 Å². The van der Waals surface area contributed by atoms with E-state index in [4.69, 9.17) is 0 Å². The molecule has 2 aromatic carbocycles. The van der Waals surface area contributed by atoms with Crippen LogP contribution in [0.1, 0.15) is 12.0 Å². The molecule has 126 valence electrons. The molecule has 0 aromatic heterocycles. The van der Waals surface area contributed by atoms with E-state index in [0.717, 1.165) is 11.3 Å². The molecule has 3 nitrogen and oxygen atoms in total. The summed E-state index contributed by atoms with van der Waals surface area (Å²) in [5, 5.41) is 0. The smallest absolute Gasteiger partial charge is 0.387 e. The molecule has 5 heteroatoms. The molecule has 0 fully saturated rings. The van der Waals surface area contributed by atoms with E-state index in [1.807, 2.05) is 30.3 Å². The molecular weight excluding hydrogens is 312 g/mol. The van der Waals surface area contributed by atoms with Crippen LogP contribution in [0.3, 0.4) is 0 Å². The number of anilines is 1. The minimum absolute atomic E-state index is 0.0194. The lowest BCUT2D eigenvalue weighted by Gasteiger charge is -2.21. The first-order chi connectivity index (χ1) is 11.6. The van der Waals surface area contributed by atoms with Crippen molar-refractivity contribution >= 4 is 11.6 Å². The molecule has 0 saturated heterocycles. The average Bonchev–Trinajstić information content (AvgIpc) is 2.59. The third-order valence-electron chi connectivity index (χ3n) is 3.46. The van der Waals surface area contributed by atoms with E-state index in [1.165, 1.54) is 12.1 Å². The van der Waals surface area contributed by atoms with Gasteiger partial charge in [0.15, 0.2) is 0 Å². The fraction of sp³-hybridized carbons (Fsp3) is 0.211. The maximum absolute atomic E-state index is 12.5. The number of ether oxygens (including phenoxy) is 1. The Kier molecular flexibility index (Phi) is 6.49. The molecule has 0 aliphatic carbocycles. The summed E-state index contributed by atoms with van der Waals surface area (Å²) in [6.45, 7) is 1.29. The molecular formula is C19H19F2NO2. The van der Waals surface area contributed by atoms with Crippen LogP contribution in [-0.2, 0) is 11.2 Å². The summed E-state index contributed by atoms with van der Waals surface area (Å²) >= 11 is 0. The van der Waals surface area contributed by atoms with E-state index in [9.17, 15) is 13.6 Å². The van der Waals surface area contributed by atoms with Gasteiger partial charge in [-0.2, -0.15) is 8.78 Å². The predicted molar refractivity (Wildman–Crippen MR) is 90.4 cm³/mol. The van der Waals surface area contributed by atoms with Gasteiger partial charge in [0.25, 0.3) is 0 Å². The average molecular weight is 331 g/mol. The van der Waals surface area contributed by atoms with E-state index >= 15 is 0 Å². The van der Waals surface area contributed by atoms with Crippen molar-refractivity contribution in [2.75, 3.05) is 11.4 Å². The molecule has 0 aliphatic heterocycles. The second-order valence-electron chi connectivity index (χ2n) is 5.15. The highest BCUT2D eigenvalue weighted by molar-refractivity contribution is 5.93. The lowest BCUT2D eigenvalue weighted by atomic mass is 10.1. The number of halogens is 2. The Morgan fingerprint density at radius 2 is 1.79 bits per heavy atom. The summed E-state index contributed by atoms with van der Waals surface area (Å²) in [7, 11) is 0. The second kappa shape index (κ2) is 8.82. The van der Waals surface area contributed by atoms with Crippen LogP contribution in [0.5, 0.6) is 5.75 Å². The van der Waals surface area contributed by atoms with Crippen LogP contribution in [0.15, 0.2) is 67.3 Å². The Labute approximate surface area is 140 Å². The molecule has 1 amide bonds. The number of para-hydroxylation sites is 1. The number of carbonyl (C=O) groups is 1. The molecule has 2 rings (SSSR count). The number of rotatable bonds is 8. The van der Waals surface area contributed by atoms with Crippen molar-refractivity contribution in [2.45, 2.75) is 19.5 Å². The zero-order chi connectivity index (χ0) is 17.4. The van der Waals surface area contributed by atoms with Gasteiger partial charge in [-0.15, -0.1) is 6.58 Å². The fourth-order valence-corrected chi connectivity index (χ4v) is 2.31. The standard InChI is InChI=1S/C19H19F2NO2/c1-2-14-22(16-6-4-3-5-7-16)18(23)13-10-15-8-11-17(12-9-15)24-19(20)21/h2-9,11-12,19H,1,10,13-14H2. The highest BCUT2D eigenvalue weighted by atomic mass is 19.3. The van der Waals surface area contributed by atoms with E-state index in [-0.39, 0.29) is 11.7 Å². The van der Waals surface area contributed by atoms with E-state index in [0.29, 0.717) is 19.4 Å². The number of hydrogen-bond donors (Lipinski definition) is 0. The van der Waals surface area contributed by atoms with E-state index < -0.39 is 6.61 Å². The summed E-state index contributed by atoms with van der Waals surface area (Å²) in [4.78, 5) is 14.1. The number of amides is 1. The maximum atomic E-state index is 12.5. The largest absolute Gasteiger partial charge is 0.435 e. The molecule has 0 atom stereocenters. The van der Waals surface area contributed by atoms with Crippen LogP contribution in [0.4, 0.5) is 14.5 Å². The lowest BCUT2D eigenvalue weighted by Crippen LogP contribution is -2.31. The quantitative estimate of drug-likeness (QED) is 0.669. The topological polar surface area (TPSA) is 29.5 Å². The van der Waals surface area contributed by atoms with E-state index in [1.54, 1.807) is 23.1 Å². The number of nitrogens with zero attached hydrogens (tertiary/aromatic N) is 1. The second-order valence-corrected chi connectivity index (χ2v) is 5.15. The van der Waals surface area contributed by atoms with Gasteiger partial charge in [0, 0.05) is 18.7 Å². The number of benzene rings is 2.